The highest BCUT2D eigenvalue weighted by molar-refractivity contribution is 5.94. The Morgan fingerprint density at radius 2 is 1.62 bits per heavy atom. The molecule has 0 aliphatic rings. The smallest absolute Gasteiger partial charge is 0.307 e. The van der Waals surface area contributed by atoms with Crippen LogP contribution in [-0.2, 0) is 9.53 Å². The Bertz CT molecular complexity index is 1380. The van der Waals surface area contributed by atoms with Crippen molar-refractivity contribution in [2.45, 2.75) is 33.2 Å². The number of aromatic nitrogens is 2. The van der Waals surface area contributed by atoms with Gasteiger partial charge in [0, 0.05) is 28.9 Å². The quantitative estimate of drug-likeness (QED) is 0.228. The number of halogens is 1. The normalized spacial score (nSPS) is 11.7. The number of carbonyl (C=O) groups excluding carboxylic acids is 2. The number of amides is 1. The van der Waals surface area contributed by atoms with Gasteiger partial charge in [0.15, 0.2) is 0 Å². The van der Waals surface area contributed by atoms with Crippen LogP contribution < -0.4 is 10.6 Å². The summed E-state index contributed by atoms with van der Waals surface area (Å²) in [7, 11) is 0. The first kappa shape index (κ1) is 27.5. The summed E-state index contributed by atoms with van der Waals surface area (Å²) in [5.41, 5.74) is 3.92. The van der Waals surface area contributed by atoms with Crippen LogP contribution in [0.5, 0.6) is 0 Å². The Hall–Kier alpha value is -4.53. The molecule has 39 heavy (non-hydrogen) atoms. The molecule has 0 bridgehead atoms. The summed E-state index contributed by atoms with van der Waals surface area (Å²) in [5, 5.41) is 10.4. The number of benzene rings is 3. The average Bonchev–Trinajstić information content (AvgIpc) is 3.43. The van der Waals surface area contributed by atoms with E-state index in [1.54, 1.807) is 31.2 Å². The highest BCUT2D eigenvalue weighted by atomic mass is 19.1. The number of hydrogen-bond donors (Lipinski definition) is 2. The number of rotatable bonds is 11. The molecule has 9 heteroatoms. The van der Waals surface area contributed by atoms with Crippen molar-refractivity contribution in [1.29, 1.82) is 0 Å². The highest BCUT2D eigenvalue weighted by Crippen LogP contribution is 2.29. The van der Waals surface area contributed by atoms with Crippen LogP contribution in [0.15, 0.2) is 77.3 Å². The fourth-order valence-electron chi connectivity index (χ4n) is 4.04. The molecule has 8 nitrogen and oxygen atoms in total. The SMILES string of the molecule is CCOC(=O)CCNC(=O)c1ccc(NC(c2ccc(-c3noc(-c4ccc(F)cc4)n3)cc2)C(C)C)cc1. The van der Waals surface area contributed by atoms with Crippen molar-refractivity contribution in [2.24, 2.45) is 5.92 Å². The van der Waals surface area contributed by atoms with E-state index in [4.69, 9.17) is 9.26 Å². The predicted molar refractivity (Wildman–Crippen MR) is 146 cm³/mol. The molecule has 1 atom stereocenters. The Morgan fingerprint density at radius 1 is 0.949 bits per heavy atom. The summed E-state index contributed by atoms with van der Waals surface area (Å²) in [4.78, 5) is 28.3. The number of nitrogens with one attached hydrogen (secondary N) is 2. The van der Waals surface area contributed by atoms with Crippen molar-refractivity contribution in [1.82, 2.24) is 15.5 Å². The molecular weight excluding hydrogens is 499 g/mol. The third-order valence-electron chi connectivity index (χ3n) is 6.10. The monoisotopic (exact) mass is 530 g/mol. The molecule has 0 saturated heterocycles. The van der Waals surface area contributed by atoms with E-state index in [-0.39, 0.29) is 42.6 Å². The van der Waals surface area contributed by atoms with Crippen molar-refractivity contribution in [2.75, 3.05) is 18.5 Å². The molecule has 1 amide bonds. The van der Waals surface area contributed by atoms with Gasteiger partial charge in [-0.2, -0.15) is 4.98 Å². The summed E-state index contributed by atoms with van der Waals surface area (Å²) < 4.78 is 23.4. The Balaban J connectivity index is 1.39. The van der Waals surface area contributed by atoms with Crippen LogP contribution in [-0.4, -0.2) is 35.2 Å². The second kappa shape index (κ2) is 12.8. The molecule has 0 saturated carbocycles. The first-order valence-electron chi connectivity index (χ1n) is 12.8. The molecular formula is C30H31FN4O4. The minimum atomic E-state index is -0.336. The van der Waals surface area contributed by atoms with E-state index < -0.39 is 0 Å². The van der Waals surface area contributed by atoms with Gasteiger partial charge in [-0.25, -0.2) is 4.39 Å². The van der Waals surface area contributed by atoms with E-state index in [1.165, 1.54) is 12.1 Å². The molecule has 2 N–H and O–H groups in total. The molecule has 3 aromatic carbocycles. The lowest BCUT2D eigenvalue weighted by Crippen LogP contribution is -2.26. The van der Waals surface area contributed by atoms with Crippen LogP contribution in [0.1, 0.15) is 49.2 Å². The molecule has 4 aromatic rings. The third kappa shape index (κ3) is 7.28. The minimum Gasteiger partial charge on any atom is -0.466 e. The fraction of sp³-hybridized carbons (Fsp3) is 0.267. The molecule has 4 rings (SSSR count). The molecule has 1 aromatic heterocycles. The zero-order chi connectivity index (χ0) is 27.8. The molecule has 0 aliphatic heterocycles. The van der Waals surface area contributed by atoms with E-state index in [2.05, 4.69) is 34.6 Å². The van der Waals surface area contributed by atoms with Crippen molar-refractivity contribution in [3.63, 3.8) is 0 Å². The van der Waals surface area contributed by atoms with Gasteiger partial charge in [-0.3, -0.25) is 9.59 Å². The first-order chi connectivity index (χ1) is 18.8. The lowest BCUT2D eigenvalue weighted by Gasteiger charge is -2.24. The highest BCUT2D eigenvalue weighted by Gasteiger charge is 2.17. The van der Waals surface area contributed by atoms with E-state index in [0.717, 1.165) is 16.8 Å². The van der Waals surface area contributed by atoms with Gasteiger partial charge in [-0.05, 0) is 66.9 Å². The van der Waals surface area contributed by atoms with Gasteiger partial charge >= 0.3 is 5.97 Å². The van der Waals surface area contributed by atoms with E-state index in [0.29, 0.717) is 29.4 Å². The van der Waals surface area contributed by atoms with Crippen LogP contribution in [0.4, 0.5) is 10.1 Å². The van der Waals surface area contributed by atoms with Gasteiger partial charge in [-0.15, -0.1) is 0 Å². The topological polar surface area (TPSA) is 106 Å². The minimum absolute atomic E-state index is 0.0170. The summed E-state index contributed by atoms with van der Waals surface area (Å²) in [5.74, 6) is 0.143. The summed E-state index contributed by atoms with van der Waals surface area (Å²) in [6.45, 7) is 6.55. The Kier molecular flexibility index (Phi) is 9.04. The van der Waals surface area contributed by atoms with Crippen molar-refractivity contribution >= 4 is 17.6 Å². The maximum atomic E-state index is 13.2. The third-order valence-corrected chi connectivity index (χ3v) is 6.10. The van der Waals surface area contributed by atoms with Crippen LogP contribution in [0.2, 0.25) is 0 Å². The van der Waals surface area contributed by atoms with Crippen LogP contribution >= 0.6 is 0 Å². The molecule has 0 fully saturated rings. The zero-order valence-corrected chi connectivity index (χ0v) is 22.1. The number of ether oxygens (including phenoxy) is 1. The molecule has 1 heterocycles. The molecule has 202 valence electrons. The molecule has 0 spiro atoms. The number of esters is 1. The van der Waals surface area contributed by atoms with Crippen molar-refractivity contribution in [3.8, 4) is 22.8 Å². The predicted octanol–water partition coefficient (Wildman–Crippen LogP) is 6.03. The van der Waals surface area contributed by atoms with Gasteiger partial charge in [0.25, 0.3) is 11.8 Å². The first-order valence-corrected chi connectivity index (χ1v) is 12.8. The number of carbonyl (C=O) groups is 2. The van der Waals surface area contributed by atoms with Gasteiger partial charge in [0.1, 0.15) is 5.82 Å². The van der Waals surface area contributed by atoms with Gasteiger partial charge in [-0.1, -0.05) is 43.3 Å². The molecule has 0 aliphatic carbocycles. The van der Waals surface area contributed by atoms with Gasteiger partial charge < -0.3 is 19.9 Å². The maximum Gasteiger partial charge on any atom is 0.307 e. The van der Waals surface area contributed by atoms with Crippen LogP contribution in [0.25, 0.3) is 22.8 Å². The Morgan fingerprint density at radius 3 is 2.26 bits per heavy atom. The summed E-state index contributed by atoms with van der Waals surface area (Å²) in [6, 6.07) is 21.1. The number of hydrogen-bond acceptors (Lipinski definition) is 7. The zero-order valence-electron chi connectivity index (χ0n) is 22.1. The lowest BCUT2D eigenvalue weighted by molar-refractivity contribution is -0.142. The van der Waals surface area contributed by atoms with E-state index >= 15 is 0 Å². The largest absolute Gasteiger partial charge is 0.466 e. The number of nitrogens with zero attached hydrogens (tertiary/aromatic N) is 2. The van der Waals surface area contributed by atoms with Gasteiger partial charge in [0.2, 0.25) is 5.82 Å². The summed E-state index contributed by atoms with van der Waals surface area (Å²) >= 11 is 0. The van der Waals surface area contributed by atoms with Crippen molar-refractivity contribution in [3.05, 3.63) is 89.7 Å². The van der Waals surface area contributed by atoms with E-state index in [1.807, 2.05) is 36.4 Å². The standard InChI is InChI=1S/C30H31FN4O4/c1-4-38-26(36)17-18-32-29(37)22-11-15-25(16-12-22)33-27(19(2)3)20-5-7-21(8-6-20)28-34-30(39-35-28)23-9-13-24(31)14-10-23/h5-16,19,27,33H,4,17-18H2,1-3H3,(H,32,37). The van der Waals surface area contributed by atoms with Crippen LogP contribution in [0, 0.1) is 11.7 Å². The van der Waals surface area contributed by atoms with E-state index in [9.17, 15) is 14.0 Å². The lowest BCUT2D eigenvalue weighted by atomic mass is 9.94. The molecule has 1 unspecified atom stereocenters. The van der Waals surface area contributed by atoms with Crippen molar-refractivity contribution < 1.29 is 23.2 Å². The van der Waals surface area contributed by atoms with Crippen LogP contribution in [0.3, 0.4) is 0 Å². The maximum absolute atomic E-state index is 13.2. The molecule has 0 radical (unpaired) electrons. The summed E-state index contributed by atoms with van der Waals surface area (Å²) in [6.07, 6.45) is 0.135. The second-order valence-electron chi connectivity index (χ2n) is 9.31. The fourth-order valence-corrected chi connectivity index (χ4v) is 4.04. The second-order valence-corrected chi connectivity index (χ2v) is 9.31. The Labute approximate surface area is 226 Å². The average molecular weight is 531 g/mol. The van der Waals surface area contributed by atoms with Gasteiger partial charge in [0.05, 0.1) is 19.1 Å². The number of anilines is 1.